The molecule has 0 aliphatic heterocycles. The minimum Gasteiger partial charge on any atom is -0.466 e. The molecule has 3 rings (SSSR count). The number of aliphatic hydroxyl groups is 1. The highest BCUT2D eigenvalue weighted by atomic mass is 32.2. The summed E-state index contributed by atoms with van der Waals surface area (Å²) >= 11 is 1.32. The quantitative estimate of drug-likeness (QED) is 0.680. The number of aromatic nitrogens is 2. The monoisotopic (exact) mass is 381 g/mol. The molecule has 3 heterocycles. The molecule has 134 valence electrons. The molecule has 1 atom stereocenters. The van der Waals surface area contributed by atoms with Crippen molar-refractivity contribution in [3.63, 3.8) is 0 Å². The van der Waals surface area contributed by atoms with E-state index >= 15 is 0 Å². The van der Waals surface area contributed by atoms with Gasteiger partial charge in [0.15, 0.2) is 5.60 Å². The third kappa shape index (κ3) is 3.15. The Bertz CT molecular complexity index is 923. The topological polar surface area (TPSA) is 97.4 Å². The second kappa shape index (κ2) is 6.41. The van der Waals surface area contributed by atoms with Crippen LogP contribution < -0.4 is 4.72 Å². The van der Waals surface area contributed by atoms with E-state index in [-0.39, 0.29) is 17.2 Å². The van der Waals surface area contributed by atoms with Crippen LogP contribution >= 0.6 is 11.3 Å². The van der Waals surface area contributed by atoms with E-state index < -0.39 is 15.6 Å². The van der Waals surface area contributed by atoms with Crippen molar-refractivity contribution in [1.82, 2.24) is 14.5 Å². The van der Waals surface area contributed by atoms with Crippen LogP contribution in [0.25, 0.3) is 0 Å². The Labute approximate surface area is 150 Å². The molecule has 9 heteroatoms. The fourth-order valence-electron chi connectivity index (χ4n) is 2.74. The summed E-state index contributed by atoms with van der Waals surface area (Å²) in [6.07, 6.45) is 1.44. The standard InChI is InChI=1S/C16H19N3O4S2/c1-11-15(12(2)19(3)18-11)25(21,22)17-10-16(20,13-6-4-8-23-13)14-7-5-9-24-14/h4-9,17,20H,10H2,1-3H3. The zero-order valence-corrected chi connectivity index (χ0v) is 15.7. The summed E-state index contributed by atoms with van der Waals surface area (Å²) < 4.78 is 34.9. The number of hydrogen-bond donors (Lipinski definition) is 2. The van der Waals surface area contributed by atoms with E-state index in [0.29, 0.717) is 16.3 Å². The number of nitrogens with zero attached hydrogens (tertiary/aromatic N) is 2. The van der Waals surface area contributed by atoms with Crippen LogP contribution in [0.1, 0.15) is 22.0 Å². The number of furan rings is 1. The smallest absolute Gasteiger partial charge is 0.244 e. The van der Waals surface area contributed by atoms with Crippen molar-refractivity contribution in [2.45, 2.75) is 24.3 Å². The molecule has 0 aromatic carbocycles. The first-order valence-electron chi connectivity index (χ1n) is 7.56. The molecule has 0 aliphatic rings. The summed E-state index contributed by atoms with van der Waals surface area (Å²) in [5.74, 6) is 0.275. The number of aryl methyl sites for hydroxylation is 2. The normalized spacial score (nSPS) is 14.6. The molecule has 0 spiro atoms. The van der Waals surface area contributed by atoms with Gasteiger partial charge < -0.3 is 9.52 Å². The van der Waals surface area contributed by atoms with Gasteiger partial charge in [0, 0.05) is 11.9 Å². The van der Waals surface area contributed by atoms with Crippen LogP contribution in [0.5, 0.6) is 0 Å². The van der Waals surface area contributed by atoms with Gasteiger partial charge in [-0.3, -0.25) is 4.68 Å². The summed E-state index contributed by atoms with van der Waals surface area (Å²) in [6, 6.07) is 6.80. The second-order valence-electron chi connectivity index (χ2n) is 5.76. The summed E-state index contributed by atoms with van der Waals surface area (Å²) in [6.45, 7) is 3.07. The molecule has 0 aliphatic carbocycles. The molecular formula is C16H19N3O4S2. The molecule has 3 aromatic heterocycles. The van der Waals surface area contributed by atoms with Crippen molar-refractivity contribution in [2.24, 2.45) is 7.05 Å². The first-order valence-corrected chi connectivity index (χ1v) is 9.92. The Kier molecular flexibility index (Phi) is 4.58. The lowest BCUT2D eigenvalue weighted by Crippen LogP contribution is -2.41. The van der Waals surface area contributed by atoms with E-state index in [1.807, 2.05) is 5.38 Å². The molecule has 0 amide bonds. The first kappa shape index (κ1) is 17.9. The Morgan fingerprint density at radius 3 is 2.64 bits per heavy atom. The van der Waals surface area contributed by atoms with Crippen LogP contribution in [-0.4, -0.2) is 29.8 Å². The van der Waals surface area contributed by atoms with Gasteiger partial charge in [0.25, 0.3) is 0 Å². The highest BCUT2D eigenvalue weighted by molar-refractivity contribution is 7.89. The van der Waals surface area contributed by atoms with Crippen LogP contribution in [0, 0.1) is 13.8 Å². The average molecular weight is 381 g/mol. The van der Waals surface area contributed by atoms with Gasteiger partial charge in [0.2, 0.25) is 10.0 Å². The highest BCUT2D eigenvalue weighted by Crippen LogP contribution is 2.33. The Morgan fingerprint density at radius 1 is 1.36 bits per heavy atom. The second-order valence-corrected chi connectivity index (χ2v) is 8.41. The SMILES string of the molecule is Cc1nn(C)c(C)c1S(=O)(=O)NCC(O)(c1ccco1)c1cccs1. The lowest BCUT2D eigenvalue weighted by molar-refractivity contribution is 0.0655. The zero-order chi connectivity index (χ0) is 18.2. The Balaban J connectivity index is 1.94. The fourth-order valence-corrected chi connectivity index (χ4v) is 5.06. The molecule has 0 radical (unpaired) electrons. The van der Waals surface area contributed by atoms with Crippen LogP contribution in [0.3, 0.4) is 0 Å². The molecule has 0 saturated heterocycles. The maximum absolute atomic E-state index is 12.8. The molecule has 1 unspecified atom stereocenters. The predicted molar refractivity (Wildman–Crippen MR) is 93.9 cm³/mol. The molecule has 0 bridgehead atoms. The van der Waals surface area contributed by atoms with Gasteiger partial charge in [0.1, 0.15) is 10.7 Å². The van der Waals surface area contributed by atoms with Gasteiger partial charge >= 0.3 is 0 Å². The first-order chi connectivity index (χ1) is 11.8. The Morgan fingerprint density at radius 2 is 2.12 bits per heavy atom. The van der Waals surface area contributed by atoms with E-state index in [1.165, 1.54) is 22.3 Å². The van der Waals surface area contributed by atoms with Crippen molar-refractivity contribution in [2.75, 3.05) is 6.54 Å². The van der Waals surface area contributed by atoms with Gasteiger partial charge in [-0.15, -0.1) is 11.3 Å². The third-order valence-electron chi connectivity index (χ3n) is 4.09. The van der Waals surface area contributed by atoms with Crippen molar-refractivity contribution in [1.29, 1.82) is 0 Å². The van der Waals surface area contributed by atoms with Gasteiger partial charge in [-0.25, -0.2) is 13.1 Å². The average Bonchev–Trinajstić information content (AvgIpc) is 3.28. The van der Waals surface area contributed by atoms with Gasteiger partial charge in [-0.05, 0) is 37.4 Å². The summed E-state index contributed by atoms with van der Waals surface area (Å²) in [4.78, 5) is 0.716. The predicted octanol–water partition coefficient (Wildman–Crippen LogP) is 1.91. The minimum atomic E-state index is -3.85. The van der Waals surface area contributed by atoms with Crippen molar-refractivity contribution >= 4 is 21.4 Å². The molecule has 2 N–H and O–H groups in total. The van der Waals surface area contributed by atoms with E-state index in [0.717, 1.165) is 0 Å². The summed E-state index contributed by atoms with van der Waals surface area (Å²) in [5, 5.41) is 17.1. The van der Waals surface area contributed by atoms with E-state index in [1.54, 1.807) is 45.2 Å². The van der Waals surface area contributed by atoms with Gasteiger partial charge in [-0.1, -0.05) is 6.07 Å². The van der Waals surface area contributed by atoms with E-state index in [9.17, 15) is 13.5 Å². The van der Waals surface area contributed by atoms with E-state index in [2.05, 4.69) is 9.82 Å². The number of hydrogen-bond acceptors (Lipinski definition) is 6. The zero-order valence-electron chi connectivity index (χ0n) is 14.1. The third-order valence-corrected chi connectivity index (χ3v) is 6.76. The van der Waals surface area contributed by atoms with E-state index in [4.69, 9.17) is 4.42 Å². The number of nitrogens with one attached hydrogen (secondary N) is 1. The highest BCUT2D eigenvalue weighted by Gasteiger charge is 2.37. The van der Waals surface area contributed by atoms with Crippen molar-refractivity contribution < 1.29 is 17.9 Å². The lowest BCUT2D eigenvalue weighted by atomic mass is 9.99. The Hall–Kier alpha value is -1.94. The molecule has 7 nitrogen and oxygen atoms in total. The van der Waals surface area contributed by atoms with Gasteiger partial charge in [-0.2, -0.15) is 5.10 Å². The lowest BCUT2D eigenvalue weighted by Gasteiger charge is -2.25. The minimum absolute atomic E-state index is 0.128. The van der Waals surface area contributed by atoms with Gasteiger partial charge in [0.05, 0.1) is 24.2 Å². The molecule has 0 saturated carbocycles. The summed E-state index contributed by atoms with van der Waals surface area (Å²) in [5.41, 5.74) is -0.651. The number of rotatable bonds is 6. The van der Waals surface area contributed by atoms with Crippen molar-refractivity contribution in [3.8, 4) is 0 Å². The maximum atomic E-state index is 12.8. The van der Waals surface area contributed by atoms with Crippen LogP contribution in [0.4, 0.5) is 0 Å². The van der Waals surface area contributed by atoms with Crippen LogP contribution in [0.15, 0.2) is 45.2 Å². The maximum Gasteiger partial charge on any atom is 0.244 e. The number of thiophene rings is 1. The largest absolute Gasteiger partial charge is 0.466 e. The molecule has 3 aromatic rings. The summed E-state index contributed by atoms with van der Waals surface area (Å²) in [7, 11) is -2.16. The fraction of sp³-hybridized carbons (Fsp3) is 0.312. The van der Waals surface area contributed by atoms with Crippen molar-refractivity contribution in [3.05, 3.63) is 57.9 Å². The van der Waals surface area contributed by atoms with Crippen LogP contribution in [-0.2, 0) is 22.7 Å². The molecule has 25 heavy (non-hydrogen) atoms. The molecular weight excluding hydrogens is 362 g/mol. The molecule has 0 fully saturated rings. The number of sulfonamides is 1. The van der Waals surface area contributed by atoms with Crippen LogP contribution in [0.2, 0.25) is 0 Å².